The van der Waals surface area contributed by atoms with Crippen LogP contribution in [0.15, 0.2) is 42.0 Å². The number of rotatable bonds is 3. The van der Waals surface area contributed by atoms with Gasteiger partial charge in [0.15, 0.2) is 0 Å². The molecular weight excluding hydrogens is 348 g/mol. The topological polar surface area (TPSA) is 66.7 Å². The fraction of sp³-hybridized carbons (Fsp3) is 0.316. The summed E-state index contributed by atoms with van der Waals surface area (Å²) in [4.78, 5) is 32.1. The lowest BCUT2D eigenvalue weighted by Gasteiger charge is -2.32. The number of aromatic nitrogens is 2. The summed E-state index contributed by atoms with van der Waals surface area (Å²) in [5.41, 5.74) is 2.26. The molecule has 1 aliphatic rings. The van der Waals surface area contributed by atoms with Gasteiger partial charge in [0.25, 0.3) is 11.8 Å². The second kappa shape index (κ2) is 6.92. The third-order valence-electron chi connectivity index (χ3n) is 4.61. The molecule has 0 aliphatic carbocycles. The quantitative estimate of drug-likeness (QED) is 0.773. The van der Waals surface area contributed by atoms with Crippen LogP contribution in [0.25, 0.3) is 5.65 Å². The highest BCUT2D eigenvalue weighted by atomic mass is 32.1. The van der Waals surface area contributed by atoms with Crippen molar-refractivity contribution in [3.05, 3.63) is 58.2 Å². The lowest BCUT2D eigenvalue weighted by Crippen LogP contribution is -2.49. The highest BCUT2D eigenvalue weighted by Gasteiger charge is 2.26. The number of nitrogens with zero attached hydrogens (tertiary/aromatic N) is 3. The van der Waals surface area contributed by atoms with Gasteiger partial charge >= 0.3 is 0 Å². The zero-order valence-corrected chi connectivity index (χ0v) is 15.3. The first-order chi connectivity index (χ1) is 12.6. The molecule has 1 fully saturated rings. The maximum absolute atomic E-state index is 12.6. The van der Waals surface area contributed by atoms with E-state index in [2.05, 4.69) is 10.3 Å². The van der Waals surface area contributed by atoms with Crippen molar-refractivity contribution in [2.45, 2.75) is 25.8 Å². The van der Waals surface area contributed by atoms with Crippen molar-refractivity contribution < 1.29 is 9.59 Å². The van der Waals surface area contributed by atoms with Crippen molar-refractivity contribution in [1.29, 1.82) is 0 Å². The smallest absolute Gasteiger partial charge is 0.271 e. The van der Waals surface area contributed by atoms with E-state index in [0.29, 0.717) is 12.2 Å². The second-order valence-electron chi connectivity index (χ2n) is 6.64. The first-order valence-corrected chi connectivity index (χ1v) is 9.57. The highest BCUT2D eigenvalue weighted by molar-refractivity contribution is 7.12. The van der Waals surface area contributed by atoms with Crippen LogP contribution in [0, 0.1) is 6.92 Å². The number of carbonyl (C=O) groups excluding carboxylic acids is 2. The van der Waals surface area contributed by atoms with Crippen molar-refractivity contribution in [3.8, 4) is 0 Å². The molecule has 2 amide bonds. The number of imidazole rings is 1. The predicted molar refractivity (Wildman–Crippen MR) is 101 cm³/mol. The highest BCUT2D eigenvalue weighted by Crippen LogP contribution is 2.17. The zero-order chi connectivity index (χ0) is 18.1. The molecule has 4 rings (SSSR count). The molecule has 1 saturated heterocycles. The maximum atomic E-state index is 12.6. The number of likely N-dealkylation sites (tertiary alicyclic amines) is 1. The molecule has 1 aliphatic heterocycles. The molecule has 6 nitrogen and oxygen atoms in total. The molecule has 0 aromatic carbocycles. The van der Waals surface area contributed by atoms with Gasteiger partial charge in [-0.1, -0.05) is 12.1 Å². The summed E-state index contributed by atoms with van der Waals surface area (Å²) in [6.45, 7) is 3.27. The summed E-state index contributed by atoms with van der Waals surface area (Å²) >= 11 is 1.45. The van der Waals surface area contributed by atoms with Crippen LogP contribution < -0.4 is 5.32 Å². The number of aryl methyl sites for hydroxylation is 1. The van der Waals surface area contributed by atoms with Crippen LogP contribution >= 0.6 is 11.3 Å². The van der Waals surface area contributed by atoms with Crippen LogP contribution in [0.4, 0.5) is 0 Å². The number of pyridine rings is 1. The van der Waals surface area contributed by atoms with Crippen molar-refractivity contribution in [2.75, 3.05) is 13.1 Å². The number of amides is 2. The van der Waals surface area contributed by atoms with Crippen LogP contribution in [0.5, 0.6) is 0 Å². The Hall–Kier alpha value is -2.67. The fourth-order valence-corrected chi connectivity index (χ4v) is 4.00. The summed E-state index contributed by atoms with van der Waals surface area (Å²) in [7, 11) is 0. The Morgan fingerprint density at radius 1 is 1.27 bits per heavy atom. The van der Waals surface area contributed by atoms with Gasteiger partial charge in [0.05, 0.1) is 4.88 Å². The monoisotopic (exact) mass is 368 g/mol. The van der Waals surface area contributed by atoms with Crippen molar-refractivity contribution in [2.24, 2.45) is 0 Å². The Bertz CT molecular complexity index is 948. The Labute approximate surface area is 155 Å². The molecule has 0 spiro atoms. The molecular formula is C19H20N4O2S. The maximum Gasteiger partial charge on any atom is 0.271 e. The van der Waals surface area contributed by atoms with Gasteiger partial charge < -0.3 is 14.6 Å². The lowest BCUT2D eigenvalue weighted by molar-refractivity contribution is 0.0680. The second-order valence-corrected chi connectivity index (χ2v) is 7.59. The van der Waals surface area contributed by atoms with E-state index in [1.807, 2.05) is 52.1 Å². The molecule has 0 saturated carbocycles. The van der Waals surface area contributed by atoms with E-state index in [9.17, 15) is 9.59 Å². The number of piperidine rings is 1. The van der Waals surface area contributed by atoms with Gasteiger partial charge in [0, 0.05) is 31.5 Å². The van der Waals surface area contributed by atoms with Gasteiger partial charge in [0.2, 0.25) is 0 Å². The van der Waals surface area contributed by atoms with Crippen LogP contribution in [0.2, 0.25) is 0 Å². The Morgan fingerprint density at radius 3 is 2.96 bits per heavy atom. The van der Waals surface area contributed by atoms with E-state index in [1.165, 1.54) is 11.3 Å². The summed E-state index contributed by atoms with van der Waals surface area (Å²) in [6, 6.07) is 7.54. The lowest BCUT2D eigenvalue weighted by atomic mass is 10.1. The molecule has 26 heavy (non-hydrogen) atoms. The number of hydrogen-bond acceptors (Lipinski definition) is 4. The molecule has 0 radical (unpaired) electrons. The van der Waals surface area contributed by atoms with Crippen LogP contribution in [-0.4, -0.2) is 45.2 Å². The summed E-state index contributed by atoms with van der Waals surface area (Å²) in [5, 5.41) is 4.94. The standard InChI is InChI=1S/C19H20N4O2S/c1-13-6-7-17-21-15(12-23(17)10-13)18(24)20-14-4-2-8-22(11-14)19(25)16-5-3-9-26-16/h3,5-7,9-10,12,14H,2,4,8,11H2,1H3,(H,20,24)/t14-/m1/s1. The van der Waals surface area contributed by atoms with Gasteiger partial charge in [-0.15, -0.1) is 11.3 Å². The molecule has 3 aromatic rings. The third kappa shape index (κ3) is 3.35. The summed E-state index contributed by atoms with van der Waals surface area (Å²) in [5.74, 6) is -0.149. The summed E-state index contributed by atoms with van der Waals surface area (Å²) in [6.07, 6.45) is 5.44. The van der Waals surface area contributed by atoms with E-state index in [1.54, 1.807) is 6.20 Å². The van der Waals surface area contributed by atoms with Gasteiger partial charge in [-0.05, 0) is 42.8 Å². The largest absolute Gasteiger partial charge is 0.346 e. The van der Waals surface area contributed by atoms with Crippen molar-refractivity contribution in [1.82, 2.24) is 19.6 Å². The van der Waals surface area contributed by atoms with Gasteiger partial charge in [0.1, 0.15) is 11.3 Å². The molecule has 4 heterocycles. The number of carbonyl (C=O) groups is 2. The molecule has 1 atom stereocenters. The average molecular weight is 368 g/mol. The van der Waals surface area contributed by atoms with Crippen molar-refractivity contribution >= 4 is 28.8 Å². The van der Waals surface area contributed by atoms with E-state index in [4.69, 9.17) is 0 Å². The van der Waals surface area contributed by atoms with Crippen LogP contribution in [0.3, 0.4) is 0 Å². The van der Waals surface area contributed by atoms with E-state index < -0.39 is 0 Å². The minimum Gasteiger partial charge on any atom is -0.346 e. The predicted octanol–water partition coefficient (Wildman–Crippen LogP) is 2.74. The van der Waals surface area contributed by atoms with E-state index in [-0.39, 0.29) is 17.9 Å². The Kier molecular flexibility index (Phi) is 4.46. The van der Waals surface area contributed by atoms with Gasteiger partial charge in [-0.25, -0.2) is 4.98 Å². The molecule has 3 aromatic heterocycles. The average Bonchev–Trinajstić information content (AvgIpc) is 3.30. The number of nitrogens with one attached hydrogen (secondary N) is 1. The molecule has 0 bridgehead atoms. The van der Waals surface area contributed by atoms with Gasteiger partial charge in [-0.2, -0.15) is 0 Å². The summed E-state index contributed by atoms with van der Waals surface area (Å²) < 4.78 is 1.86. The minimum absolute atomic E-state index is 0.0437. The fourth-order valence-electron chi connectivity index (χ4n) is 3.31. The third-order valence-corrected chi connectivity index (χ3v) is 5.47. The first kappa shape index (κ1) is 16.8. The number of thiophene rings is 1. The normalized spacial score (nSPS) is 17.4. The Morgan fingerprint density at radius 2 is 2.15 bits per heavy atom. The SMILES string of the molecule is Cc1ccc2nc(C(=O)N[C@@H]3CCCN(C(=O)c4cccs4)C3)cn2c1. The van der Waals surface area contributed by atoms with Crippen molar-refractivity contribution in [3.63, 3.8) is 0 Å². The molecule has 0 unspecified atom stereocenters. The molecule has 134 valence electrons. The minimum atomic E-state index is -0.193. The number of hydrogen-bond donors (Lipinski definition) is 1. The first-order valence-electron chi connectivity index (χ1n) is 8.69. The van der Waals surface area contributed by atoms with E-state index >= 15 is 0 Å². The van der Waals surface area contributed by atoms with Gasteiger partial charge in [-0.3, -0.25) is 9.59 Å². The zero-order valence-electron chi connectivity index (χ0n) is 14.5. The van der Waals surface area contributed by atoms with E-state index in [0.717, 1.165) is 35.5 Å². The number of fused-ring (bicyclic) bond motifs is 1. The van der Waals surface area contributed by atoms with Crippen LogP contribution in [-0.2, 0) is 0 Å². The molecule has 7 heteroatoms. The molecule has 1 N–H and O–H groups in total. The Balaban J connectivity index is 1.44. The van der Waals surface area contributed by atoms with Crippen LogP contribution in [0.1, 0.15) is 38.6 Å².